The Morgan fingerprint density at radius 3 is 2.47 bits per heavy atom. The van der Waals surface area contributed by atoms with Crippen LogP contribution in [0.2, 0.25) is 0 Å². The summed E-state index contributed by atoms with van der Waals surface area (Å²) >= 11 is 0. The number of carbonyl (C=O) groups is 1. The summed E-state index contributed by atoms with van der Waals surface area (Å²) in [6.07, 6.45) is 6.60. The number of ketones is 1. The first kappa shape index (κ1) is 22.0. The third kappa shape index (κ3) is 2.63. The minimum atomic E-state index is -0.890. The number of Topliss-reactive ketones (excluding diaryl/α,β-unsaturated/α-hetero) is 1. The Morgan fingerprint density at radius 2 is 1.75 bits per heavy atom. The minimum Gasteiger partial charge on any atom is -0.393 e. The van der Waals surface area contributed by atoms with Gasteiger partial charge >= 0.3 is 0 Å². The zero-order chi connectivity index (χ0) is 22.6. The highest BCUT2D eigenvalue weighted by molar-refractivity contribution is 5.91. The van der Waals surface area contributed by atoms with Crippen LogP contribution in [-0.2, 0) is 14.3 Å². The van der Waals surface area contributed by atoms with Gasteiger partial charge in [-0.1, -0.05) is 27.7 Å². The Kier molecular flexibility index (Phi) is 4.83. The largest absolute Gasteiger partial charge is 0.393 e. The fraction of sp³-hybridized carbons (Fsp3) is 0.963. The summed E-state index contributed by atoms with van der Waals surface area (Å²) in [6, 6.07) is 0. The van der Waals surface area contributed by atoms with Crippen molar-refractivity contribution < 1.29 is 24.5 Å². The van der Waals surface area contributed by atoms with Crippen molar-refractivity contribution in [2.24, 2.45) is 52.3 Å². The first-order valence-electron chi connectivity index (χ1n) is 13.3. The molecule has 6 aliphatic rings. The number of fused-ring (bicyclic) bond motifs is 7. The van der Waals surface area contributed by atoms with Crippen molar-refractivity contribution in [1.82, 2.24) is 0 Å². The van der Waals surface area contributed by atoms with Crippen LogP contribution >= 0.6 is 0 Å². The molecule has 0 amide bonds. The molecule has 0 aromatic carbocycles. The molecule has 32 heavy (non-hydrogen) atoms. The highest BCUT2D eigenvalue weighted by atomic mass is 16.7. The smallest absolute Gasteiger partial charge is 0.171 e. The van der Waals surface area contributed by atoms with Crippen LogP contribution in [0.3, 0.4) is 0 Å². The molecule has 2 N–H and O–H groups in total. The van der Waals surface area contributed by atoms with E-state index in [2.05, 4.69) is 27.7 Å². The van der Waals surface area contributed by atoms with E-state index in [9.17, 15) is 15.0 Å². The Hall–Kier alpha value is -0.490. The monoisotopic (exact) mass is 446 g/mol. The number of hydrogen-bond acceptors (Lipinski definition) is 5. The third-order valence-corrected chi connectivity index (χ3v) is 11.8. The van der Waals surface area contributed by atoms with Gasteiger partial charge in [0.15, 0.2) is 11.6 Å². The summed E-state index contributed by atoms with van der Waals surface area (Å²) in [7, 11) is 0. The number of carbonyl (C=O) groups excluding carboxylic acids is 1. The van der Waals surface area contributed by atoms with Gasteiger partial charge in [0.1, 0.15) is 6.10 Å². The normalized spacial score (nSPS) is 61.8. The summed E-state index contributed by atoms with van der Waals surface area (Å²) < 4.78 is 13.1. The molecule has 5 nitrogen and oxygen atoms in total. The molecule has 6 fully saturated rings. The topological polar surface area (TPSA) is 76.0 Å². The van der Waals surface area contributed by atoms with E-state index in [0.29, 0.717) is 17.8 Å². The Bertz CT molecular complexity index is 789. The first-order valence-corrected chi connectivity index (χ1v) is 13.3. The lowest BCUT2D eigenvalue weighted by Crippen LogP contribution is -2.64. The molecule has 6 rings (SSSR count). The number of aliphatic hydroxyl groups excluding tert-OH is 2. The number of hydrogen-bond donors (Lipinski definition) is 2. The molecule has 0 radical (unpaired) electrons. The van der Waals surface area contributed by atoms with Crippen LogP contribution in [0.4, 0.5) is 0 Å². The quantitative estimate of drug-likeness (QED) is 0.589. The molecule has 0 aromatic rings. The number of ether oxygens (including phenoxy) is 2. The van der Waals surface area contributed by atoms with Gasteiger partial charge in [-0.15, -0.1) is 0 Å². The predicted molar refractivity (Wildman–Crippen MR) is 120 cm³/mol. The average Bonchev–Trinajstić information content (AvgIpc) is 3.20. The summed E-state index contributed by atoms with van der Waals surface area (Å²) in [6.45, 7) is 9.67. The van der Waals surface area contributed by atoms with Gasteiger partial charge in [-0.3, -0.25) is 4.79 Å². The molecule has 2 heterocycles. The highest BCUT2D eigenvalue weighted by Crippen LogP contribution is 2.70. The Balaban J connectivity index is 1.34. The molecule has 180 valence electrons. The molecule has 0 bridgehead atoms. The van der Waals surface area contributed by atoms with E-state index in [0.717, 1.165) is 58.0 Å². The maximum Gasteiger partial charge on any atom is 0.171 e. The maximum absolute atomic E-state index is 14.1. The van der Waals surface area contributed by atoms with Gasteiger partial charge in [-0.25, -0.2) is 0 Å². The zero-order valence-electron chi connectivity index (χ0n) is 20.3. The van der Waals surface area contributed by atoms with E-state index in [-0.39, 0.29) is 47.1 Å². The highest BCUT2D eigenvalue weighted by Gasteiger charge is 2.73. The minimum absolute atomic E-state index is 0.0224. The second kappa shape index (κ2) is 7.02. The van der Waals surface area contributed by atoms with Crippen molar-refractivity contribution in [3.05, 3.63) is 0 Å². The van der Waals surface area contributed by atoms with Gasteiger partial charge in [0, 0.05) is 29.6 Å². The van der Waals surface area contributed by atoms with Crippen molar-refractivity contribution in [2.45, 2.75) is 103 Å². The van der Waals surface area contributed by atoms with E-state index in [1.54, 1.807) is 0 Å². The van der Waals surface area contributed by atoms with Gasteiger partial charge in [0.2, 0.25) is 0 Å². The third-order valence-electron chi connectivity index (χ3n) is 11.8. The van der Waals surface area contributed by atoms with E-state index < -0.39 is 17.3 Å². The van der Waals surface area contributed by atoms with Crippen molar-refractivity contribution in [1.29, 1.82) is 0 Å². The lowest BCUT2D eigenvalue weighted by atomic mass is 9.43. The standard InChI is InChI=1S/C27H42O5/c1-14-7-10-27(31-13-14)15(2)21-20(32-27)12-19-18-6-5-16-11-17(28)8-9-25(16,3)22(18)23(29)24(30)26(19,21)4/h14-23,28-29H,5-13H2,1-4H3/t14?,15-,16?,17?,18-,19-,20-,21-,22+,23?,25-,26-,27+/m0/s1. The number of rotatable bonds is 0. The molecule has 2 saturated heterocycles. The van der Waals surface area contributed by atoms with Crippen molar-refractivity contribution in [3.8, 4) is 0 Å². The molecule has 4 saturated carbocycles. The fourth-order valence-corrected chi connectivity index (χ4v) is 10.1. The van der Waals surface area contributed by atoms with Crippen molar-refractivity contribution in [3.63, 3.8) is 0 Å². The van der Waals surface area contributed by atoms with E-state index >= 15 is 0 Å². The van der Waals surface area contributed by atoms with Gasteiger partial charge in [-0.05, 0) is 74.0 Å². The molecule has 1 spiro atoms. The molecule has 13 atom stereocenters. The SMILES string of the molecule is CC1CC[C@@]2(OC1)O[C@H]1C[C@H]3[C@@H]4CCC5CC(O)CC[C@]5(C)[C@H]4C(O)C(=O)[C@]3(C)[C@H]1[C@@H]2C. The Morgan fingerprint density at radius 1 is 0.969 bits per heavy atom. The molecule has 4 aliphatic carbocycles. The van der Waals surface area contributed by atoms with Crippen LogP contribution in [-0.4, -0.2) is 46.7 Å². The molecule has 4 unspecified atom stereocenters. The molecular weight excluding hydrogens is 404 g/mol. The van der Waals surface area contributed by atoms with Crippen molar-refractivity contribution in [2.75, 3.05) is 6.61 Å². The van der Waals surface area contributed by atoms with Crippen LogP contribution < -0.4 is 0 Å². The van der Waals surface area contributed by atoms with Crippen LogP contribution in [0, 0.1) is 52.3 Å². The Labute approximate surface area is 192 Å². The van der Waals surface area contributed by atoms with E-state index in [1.807, 2.05) is 0 Å². The summed E-state index contributed by atoms with van der Waals surface area (Å²) in [5.41, 5.74) is -0.579. The van der Waals surface area contributed by atoms with Gasteiger partial charge in [-0.2, -0.15) is 0 Å². The lowest BCUT2D eigenvalue weighted by Gasteiger charge is -2.61. The molecule has 2 aliphatic heterocycles. The molecule has 5 heteroatoms. The van der Waals surface area contributed by atoms with Crippen LogP contribution in [0.5, 0.6) is 0 Å². The van der Waals surface area contributed by atoms with E-state index in [1.165, 1.54) is 0 Å². The van der Waals surface area contributed by atoms with Gasteiger partial charge < -0.3 is 19.7 Å². The average molecular weight is 447 g/mol. The summed E-state index contributed by atoms with van der Waals surface area (Å²) in [5.74, 6) is 1.47. The van der Waals surface area contributed by atoms with Crippen LogP contribution in [0.25, 0.3) is 0 Å². The molecule has 0 aromatic heterocycles. The number of aliphatic hydroxyl groups is 2. The zero-order valence-corrected chi connectivity index (χ0v) is 20.3. The van der Waals surface area contributed by atoms with E-state index in [4.69, 9.17) is 9.47 Å². The fourth-order valence-electron chi connectivity index (χ4n) is 10.1. The van der Waals surface area contributed by atoms with Crippen LogP contribution in [0.15, 0.2) is 0 Å². The predicted octanol–water partition coefficient (Wildman–Crippen LogP) is 3.94. The first-order chi connectivity index (χ1) is 15.1. The van der Waals surface area contributed by atoms with Gasteiger partial charge in [0.05, 0.1) is 18.8 Å². The summed E-state index contributed by atoms with van der Waals surface area (Å²) in [5, 5.41) is 21.9. The van der Waals surface area contributed by atoms with Crippen LogP contribution in [0.1, 0.15) is 79.1 Å². The second-order valence-corrected chi connectivity index (χ2v) is 13.1. The van der Waals surface area contributed by atoms with Crippen molar-refractivity contribution >= 4 is 5.78 Å². The molecular formula is C27H42O5. The lowest BCUT2D eigenvalue weighted by molar-refractivity contribution is -0.273. The maximum atomic E-state index is 14.1. The van der Waals surface area contributed by atoms with Gasteiger partial charge in [0.25, 0.3) is 0 Å². The second-order valence-electron chi connectivity index (χ2n) is 13.1. The summed E-state index contributed by atoms with van der Waals surface area (Å²) in [4.78, 5) is 14.1.